The second-order valence-corrected chi connectivity index (χ2v) is 7.05. The molecule has 3 N–H and O–H groups in total. The highest BCUT2D eigenvalue weighted by Crippen LogP contribution is 2.26. The highest BCUT2D eigenvalue weighted by Gasteiger charge is 2.16. The first kappa shape index (κ1) is 18.8. The van der Waals surface area contributed by atoms with Gasteiger partial charge in [0.05, 0.1) is 7.11 Å². The minimum absolute atomic E-state index is 0.104. The predicted molar refractivity (Wildman–Crippen MR) is 94.4 cm³/mol. The fourth-order valence-electron chi connectivity index (χ4n) is 2.28. The van der Waals surface area contributed by atoms with E-state index in [4.69, 9.17) is 14.6 Å². The molecular formula is C17H20N2O5S. The second kappa shape index (κ2) is 7.54. The molecule has 0 heterocycles. The third-order valence-electron chi connectivity index (χ3n) is 3.44. The molecule has 8 heteroatoms. The lowest BCUT2D eigenvalue weighted by molar-refractivity contribution is -0.118. The molecule has 0 spiro atoms. The molecule has 0 fully saturated rings. The van der Waals surface area contributed by atoms with Crippen molar-refractivity contribution in [1.29, 1.82) is 0 Å². The van der Waals surface area contributed by atoms with Crippen molar-refractivity contribution in [2.75, 3.05) is 19.0 Å². The molecule has 0 saturated carbocycles. The third-order valence-corrected chi connectivity index (χ3v) is 4.38. The minimum Gasteiger partial charge on any atom is -0.495 e. The molecule has 0 unspecified atom stereocenters. The fraction of sp³-hybridized carbons (Fsp3) is 0.235. The van der Waals surface area contributed by atoms with E-state index in [1.54, 1.807) is 6.07 Å². The highest BCUT2D eigenvalue weighted by molar-refractivity contribution is 7.89. The number of sulfonamides is 1. The Bertz CT molecular complexity index is 894. The Kier molecular flexibility index (Phi) is 5.66. The fourth-order valence-corrected chi connectivity index (χ4v) is 3.00. The molecule has 0 radical (unpaired) electrons. The summed E-state index contributed by atoms with van der Waals surface area (Å²) in [5.74, 6) is 0.290. The Labute approximate surface area is 146 Å². The van der Waals surface area contributed by atoms with Crippen LogP contribution in [0.2, 0.25) is 0 Å². The number of benzene rings is 2. The molecule has 134 valence electrons. The molecule has 0 aliphatic heterocycles. The molecule has 1 amide bonds. The molecule has 0 aromatic heterocycles. The number of hydrogen-bond donors (Lipinski definition) is 2. The lowest BCUT2D eigenvalue weighted by Gasteiger charge is -2.12. The van der Waals surface area contributed by atoms with Gasteiger partial charge in [0.25, 0.3) is 5.91 Å². The zero-order valence-electron chi connectivity index (χ0n) is 14.2. The number of carbonyl (C=O) groups is 1. The summed E-state index contributed by atoms with van der Waals surface area (Å²) in [5, 5.41) is 7.72. The largest absolute Gasteiger partial charge is 0.495 e. The maximum absolute atomic E-state index is 12.0. The van der Waals surface area contributed by atoms with Crippen LogP contribution in [0.1, 0.15) is 11.1 Å². The van der Waals surface area contributed by atoms with Gasteiger partial charge in [-0.25, -0.2) is 13.6 Å². The van der Waals surface area contributed by atoms with Gasteiger partial charge in [-0.2, -0.15) is 0 Å². The predicted octanol–water partition coefficient (Wildman–Crippen LogP) is 1.98. The maximum Gasteiger partial charge on any atom is 0.262 e. The Hall–Kier alpha value is -2.58. The van der Waals surface area contributed by atoms with Gasteiger partial charge in [0, 0.05) is 5.69 Å². The van der Waals surface area contributed by atoms with Crippen molar-refractivity contribution in [2.45, 2.75) is 18.7 Å². The summed E-state index contributed by atoms with van der Waals surface area (Å²) in [6, 6.07) is 9.81. The van der Waals surface area contributed by atoms with Gasteiger partial charge < -0.3 is 14.8 Å². The number of carbonyl (C=O) groups excluding carboxylic acids is 1. The maximum atomic E-state index is 12.0. The smallest absolute Gasteiger partial charge is 0.262 e. The van der Waals surface area contributed by atoms with Crippen LogP contribution in [0.15, 0.2) is 41.3 Å². The molecule has 2 aromatic carbocycles. The second-order valence-electron chi connectivity index (χ2n) is 5.52. The Balaban J connectivity index is 2.08. The van der Waals surface area contributed by atoms with E-state index in [0.717, 1.165) is 11.1 Å². The van der Waals surface area contributed by atoms with E-state index in [2.05, 4.69) is 5.32 Å². The average molecular weight is 364 g/mol. The van der Waals surface area contributed by atoms with Crippen LogP contribution in [-0.4, -0.2) is 28.0 Å². The van der Waals surface area contributed by atoms with Crippen molar-refractivity contribution in [3.63, 3.8) is 0 Å². The van der Waals surface area contributed by atoms with Gasteiger partial charge >= 0.3 is 0 Å². The number of primary sulfonamides is 1. The van der Waals surface area contributed by atoms with E-state index >= 15 is 0 Å². The van der Waals surface area contributed by atoms with E-state index in [9.17, 15) is 13.2 Å². The molecule has 0 aliphatic carbocycles. The number of nitrogens with two attached hydrogens (primary N) is 1. The topological polar surface area (TPSA) is 108 Å². The normalized spacial score (nSPS) is 11.0. The van der Waals surface area contributed by atoms with Gasteiger partial charge in [-0.3, -0.25) is 4.79 Å². The van der Waals surface area contributed by atoms with Gasteiger partial charge in [0.1, 0.15) is 16.4 Å². The van der Waals surface area contributed by atoms with E-state index in [0.29, 0.717) is 5.75 Å². The van der Waals surface area contributed by atoms with Crippen LogP contribution in [0.5, 0.6) is 11.5 Å². The van der Waals surface area contributed by atoms with Crippen molar-refractivity contribution in [3.8, 4) is 11.5 Å². The highest BCUT2D eigenvalue weighted by atomic mass is 32.2. The molecule has 0 saturated heterocycles. The van der Waals surface area contributed by atoms with Crippen molar-refractivity contribution in [3.05, 3.63) is 47.5 Å². The first-order chi connectivity index (χ1) is 11.7. The number of amides is 1. The summed E-state index contributed by atoms with van der Waals surface area (Å²) in [4.78, 5) is 11.8. The number of ether oxygens (including phenoxy) is 2. The number of nitrogens with one attached hydrogen (secondary N) is 1. The Morgan fingerprint density at radius 3 is 2.40 bits per heavy atom. The molecular weight excluding hydrogens is 344 g/mol. The standard InChI is InChI=1S/C17H20N2O5S/c1-11-4-6-14(12(2)8-11)24-10-17(20)19-13-5-7-15(23-3)16(9-13)25(18,21)22/h4-9H,10H2,1-3H3,(H,19,20)(H2,18,21,22). The number of hydrogen-bond acceptors (Lipinski definition) is 5. The Morgan fingerprint density at radius 1 is 1.12 bits per heavy atom. The zero-order valence-corrected chi connectivity index (χ0v) is 15.0. The van der Waals surface area contributed by atoms with Crippen LogP contribution < -0.4 is 19.9 Å². The van der Waals surface area contributed by atoms with Gasteiger partial charge in [0.15, 0.2) is 6.61 Å². The Morgan fingerprint density at radius 2 is 1.80 bits per heavy atom. The number of methoxy groups -OCH3 is 1. The first-order valence-corrected chi connectivity index (χ1v) is 8.96. The third kappa shape index (κ3) is 4.94. The molecule has 7 nitrogen and oxygen atoms in total. The summed E-state index contributed by atoms with van der Waals surface area (Å²) in [6.07, 6.45) is 0. The molecule has 2 aromatic rings. The van der Waals surface area contributed by atoms with E-state index < -0.39 is 15.9 Å². The SMILES string of the molecule is COc1ccc(NC(=O)COc2ccc(C)cc2C)cc1S(N)(=O)=O. The molecule has 2 rings (SSSR count). The summed E-state index contributed by atoms with van der Waals surface area (Å²) in [5.41, 5.74) is 2.30. The quantitative estimate of drug-likeness (QED) is 0.815. The van der Waals surface area contributed by atoms with Crippen LogP contribution in [0.4, 0.5) is 5.69 Å². The molecule has 0 aliphatic rings. The summed E-state index contributed by atoms with van der Waals surface area (Å²) < 4.78 is 33.6. The van der Waals surface area contributed by atoms with Crippen LogP contribution in [-0.2, 0) is 14.8 Å². The van der Waals surface area contributed by atoms with Crippen molar-refractivity contribution in [2.24, 2.45) is 5.14 Å². The van der Waals surface area contributed by atoms with Crippen molar-refractivity contribution < 1.29 is 22.7 Å². The summed E-state index contributed by atoms with van der Waals surface area (Å²) >= 11 is 0. The van der Waals surface area contributed by atoms with Crippen LogP contribution >= 0.6 is 0 Å². The number of rotatable bonds is 6. The van der Waals surface area contributed by atoms with E-state index in [-0.39, 0.29) is 22.9 Å². The lowest BCUT2D eigenvalue weighted by Crippen LogP contribution is -2.21. The van der Waals surface area contributed by atoms with Gasteiger partial charge in [-0.1, -0.05) is 17.7 Å². The lowest BCUT2D eigenvalue weighted by atomic mass is 10.1. The van der Waals surface area contributed by atoms with Gasteiger partial charge in [0.2, 0.25) is 10.0 Å². The molecule has 0 bridgehead atoms. The summed E-state index contributed by atoms with van der Waals surface area (Å²) in [7, 11) is -2.64. The molecule has 25 heavy (non-hydrogen) atoms. The van der Waals surface area contributed by atoms with Gasteiger partial charge in [-0.05, 0) is 43.7 Å². The van der Waals surface area contributed by atoms with Crippen molar-refractivity contribution in [1.82, 2.24) is 0 Å². The molecule has 0 atom stereocenters. The first-order valence-electron chi connectivity index (χ1n) is 7.41. The number of aryl methyl sites for hydroxylation is 2. The van der Waals surface area contributed by atoms with Crippen LogP contribution in [0.25, 0.3) is 0 Å². The number of anilines is 1. The van der Waals surface area contributed by atoms with E-state index in [1.165, 1.54) is 25.3 Å². The summed E-state index contributed by atoms with van der Waals surface area (Å²) in [6.45, 7) is 3.65. The zero-order chi connectivity index (χ0) is 18.6. The average Bonchev–Trinajstić information content (AvgIpc) is 2.53. The van der Waals surface area contributed by atoms with Crippen molar-refractivity contribution >= 4 is 21.6 Å². The van der Waals surface area contributed by atoms with Crippen LogP contribution in [0.3, 0.4) is 0 Å². The minimum atomic E-state index is -3.98. The van der Waals surface area contributed by atoms with Crippen LogP contribution in [0, 0.1) is 13.8 Å². The van der Waals surface area contributed by atoms with E-state index in [1.807, 2.05) is 26.0 Å². The monoisotopic (exact) mass is 364 g/mol. The van der Waals surface area contributed by atoms with Gasteiger partial charge in [-0.15, -0.1) is 0 Å².